The molecule has 1 aliphatic rings. The summed E-state index contributed by atoms with van der Waals surface area (Å²) in [5.41, 5.74) is 2.94. The molecule has 0 aliphatic carbocycles. The van der Waals surface area contributed by atoms with Gasteiger partial charge in [-0.3, -0.25) is 4.79 Å². The molecule has 1 aliphatic heterocycles. The van der Waals surface area contributed by atoms with Crippen molar-refractivity contribution in [1.82, 2.24) is 10.2 Å². The molecule has 0 saturated carbocycles. The van der Waals surface area contributed by atoms with Crippen molar-refractivity contribution in [2.45, 2.75) is 6.42 Å². The third-order valence-electron chi connectivity index (χ3n) is 4.11. The van der Waals surface area contributed by atoms with Crippen molar-refractivity contribution in [3.63, 3.8) is 0 Å². The molecule has 0 radical (unpaired) electrons. The fourth-order valence-electron chi connectivity index (χ4n) is 2.91. The predicted octanol–water partition coefficient (Wildman–Crippen LogP) is 3.56. The van der Waals surface area contributed by atoms with Crippen molar-refractivity contribution in [2.75, 3.05) is 16.8 Å². The van der Waals surface area contributed by atoms with Gasteiger partial charge in [0.05, 0.1) is 0 Å². The number of fused-ring (bicyclic) bond motifs is 1. The quantitative estimate of drug-likeness (QED) is 0.796. The van der Waals surface area contributed by atoms with Crippen LogP contribution in [0.25, 0.3) is 0 Å². The summed E-state index contributed by atoms with van der Waals surface area (Å²) in [5, 5.41) is 11.0. The Balaban J connectivity index is 1.52. The van der Waals surface area contributed by atoms with Crippen LogP contribution < -0.4 is 10.2 Å². The molecular formula is C19H15FN4O. The molecule has 124 valence electrons. The monoisotopic (exact) mass is 334 g/mol. The number of para-hydroxylation sites is 1. The highest BCUT2D eigenvalue weighted by molar-refractivity contribution is 6.06. The van der Waals surface area contributed by atoms with Gasteiger partial charge >= 0.3 is 0 Å². The molecule has 0 atom stereocenters. The van der Waals surface area contributed by atoms with Crippen LogP contribution in [0.1, 0.15) is 16.1 Å². The van der Waals surface area contributed by atoms with Gasteiger partial charge in [-0.2, -0.15) is 0 Å². The zero-order valence-corrected chi connectivity index (χ0v) is 13.3. The number of nitrogens with one attached hydrogen (secondary N) is 1. The van der Waals surface area contributed by atoms with Crippen molar-refractivity contribution in [3.8, 4) is 0 Å². The molecule has 25 heavy (non-hydrogen) atoms. The highest BCUT2D eigenvalue weighted by Crippen LogP contribution is 2.28. The molecular weight excluding hydrogens is 319 g/mol. The van der Waals surface area contributed by atoms with Gasteiger partial charge in [-0.25, -0.2) is 4.39 Å². The third-order valence-corrected chi connectivity index (χ3v) is 4.11. The van der Waals surface area contributed by atoms with Gasteiger partial charge in [0.1, 0.15) is 5.82 Å². The number of amides is 1. The van der Waals surface area contributed by atoms with Gasteiger partial charge in [-0.05, 0) is 48.4 Å². The van der Waals surface area contributed by atoms with Gasteiger partial charge in [0.2, 0.25) is 0 Å². The van der Waals surface area contributed by atoms with Crippen LogP contribution in [-0.2, 0) is 6.42 Å². The van der Waals surface area contributed by atoms with Crippen LogP contribution in [0.2, 0.25) is 0 Å². The molecule has 5 nitrogen and oxygen atoms in total. The fraction of sp³-hybridized carbons (Fsp3) is 0.105. The Morgan fingerprint density at radius 3 is 2.72 bits per heavy atom. The molecule has 1 N–H and O–H groups in total. The van der Waals surface area contributed by atoms with E-state index in [1.165, 1.54) is 12.1 Å². The normalized spacial score (nSPS) is 12.8. The number of benzene rings is 2. The van der Waals surface area contributed by atoms with E-state index in [0.29, 0.717) is 18.1 Å². The first-order valence-corrected chi connectivity index (χ1v) is 7.97. The number of hydrogen-bond donors (Lipinski definition) is 1. The van der Waals surface area contributed by atoms with E-state index in [9.17, 15) is 9.18 Å². The van der Waals surface area contributed by atoms with Gasteiger partial charge in [0, 0.05) is 17.9 Å². The van der Waals surface area contributed by atoms with Crippen LogP contribution in [0.4, 0.5) is 21.6 Å². The third kappa shape index (κ3) is 3.06. The zero-order chi connectivity index (χ0) is 17.2. The molecule has 0 fully saturated rings. The van der Waals surface area contributed by atoms with Crippen molar-refractivity contribution in [2.24, 2.45) is 0 Å². The zero-order valence-electron chi connectivity index (χ0n) is 13.3. The van der Waals surface area contributed by atoms with E-state index in [1.54, 1.807) is 29.2 Å². The average molecular weight is 334 g/mol. The summed E-state index contributed by atoms with van der Waals surface area (Å²) in [7, 11) is 0. The molecule has 6 heteroatoms. The smallest absolute Gasteiger partial charge is 0.278 e. The second kappa shape index (κ2) is 6.32. The Hall–Kier alpha value is -3.28. The van der Waals surface area contributed by atoms with Crippen molar-refractivity contribution in [3.05, 3.63) is 77.7 Å². The molecule has 2 heterocycles. The first-order valence-electron chi connectivity index (χ1n) is 7.97. The number of anilines is 3. The van der Waals surface area contributed by atoms with E-state index in [-0.39, 0.29) is 17.4 Å². The molecule has 0 saturated heterocycles. The number of aromatic nitrogens is 2. The minimum atomic E-state index is -0.336. The molecule has 1 aromatic heterocycles. The van der Waals surface area contributed by atoms with E-state index >= 15 is 0 Å². The summed E-state index contributed by atoms with van der Waals surface area (Å²) in [6.45, 7) is 0.642. The Labute approximate surface area is 144 Å². The summed E-state index contributed by atoms with van der Waals surface area (Å²) < 4.78 is 13.2. The number of carbonyl (C=O) groups excluding carboxylic acids is 1. The number of hydrogen-bond acceptors (Lipinski definition) is 4. The maximum absolute atomic E-state index is 13.2. The minimum Gasteiger partial charge on any atom is -0.339 e. The van der Waals surface area contributed by atoms with Gasteiger partial charge < -0.3 is 10.2 Å². The maximum Gasteiger partial charge on any atom is 0.278 e. The Morgan fingerprint density at radius 2 is 1.92 bits per heavy atom. The predicted molar refractivity (Wildman–Crippen MR) is 93.5 cm³/mol. The maximum atomic E-state index is 13.2. The Kier molecular flexibility index (Phi) is 3.85. The van der Waals surface area contributed by atoms with Crippen LogP contribution in [0, 0.1) is 5.82 Å². The first kappa shape index (κ1) is 15.3. The van der Waals surface area contributed by atoms with Gasteiger partial charge in [0.25, 0.3) is 5.91 Å². The lowest BCUT2D eigenvalue weighted by molar-refractivity contribution is 0.0983. The van der Waals surface area contributed by atoms with Crippen LogP contribution in [0.5, 0.6) is 0 Å². The van der Waals surface area contributed by atoms with E-state index in [1.807, 2.05) is 24.3 Å². The Morgan fingerprint density at radius 1 is 1.04 bits per heavy atom. The van der Waals surface area contributed by atoms with E-state index in [2.05, 4.69) is 15.5 Å². The lowest BCUT2D eigenvalue weighted by atomic mass is 10.2. The lowest BCUT2D eigenvalue weighted by Gasteiger charge is -2.16. The van der Waals surface area contributed by atoms with Gasteiger partial charge in [-0.1, -0.05) is 24.3 Å². The lowest BCUT2D eigenvalue weighted by Crippen LogP contribution is -2.29. The minimum absolute atomic E-state index is 0.172. The topological polar surface area (TPSA) is 58.1 Å². The number of nitrogens with zero attached hydrogens (tertiary/aromatic N) is 3. The molecule has 3 aromatic rings. The van der Waals surface area contributed by atoms with Crippen molar-refractivity contribution >= 4 is 23.1 Å². The highest BCUT2D eigenvalue weighted by atomic mass is 19.1. The second-order valence-electron chi connectivity index (χ2n) is 5.77. The van der Waals surface area contributed by atoms with E-state index in [0.717, 1.165) is 17.7 Å². The van der Waals surface area contributed by atoms with Crippen LogP contribution in [0.3, 0.4) is 0 Å². The van der Waals surface area contributed by atoms with E-state index in [4.69, 9.17) is 0 Å². The van der Waals surface area contributed by atoms with Gasteiger partial charge in [0.15, 0.2) is 11.5 Å². The first-order chi connectivity index (χ1) is 12.2. The summed E-state index contributed by atoms with van der Waals surface area (Å²) in [4.78, 5) is 14.4. The van der Waals surface area contributed by atoms with Gasteiger partial charge in [-0.15, -0.1) is 10.2 Å². The molecule has 0 spiro atoms. The summed E-state index contributed by atoms with van der Waals surface area (Å²) >= 11 is 0. The summed E-state index contributed by atoms with van der Waals surface area (Å²) in [6.07, 6.45) is 0.842. The molecule has 4 rings (SSSR count). The fourth-order valence-corrected chi connectivity index (χ4v) is 2.91. The number of rotatable bonds is 3. The van der Waals surface area contributed by atoms with Crippen LogP contribution in [-0.4, -0.2) is 22.6 Å². The van der Waals surface area contributed by atoms with Crippen LogP contribution >= 0.6 is 0 Å². The van der Waals surface area contributed by atoms with Crippen molar-refractivity contribution in [1.29, 1.82) is 0 Å². The molecule has 0 unspecified atom stereocenters. The summed E-state index contributed by atoms with van der Waals surface area (Å²) in [5.74, 6) is -0.0591. The molecule has 2 aromatic carbocycles. The van der Waals surface area contributed by atoms with Crippen LogP contribution in [0.15, 0.2) is 60.7 Å². The standard InChI is InChI=1S/C19H15FN4O/c20-14-5-3-6-15(12-14)21-18-9-8-16(22-23-18)19(25)24-11-10-13-4-1-2-7-17(13)24/h1-9,12H,10-11H2,(H,21,23). The number of carbonyl (C=O) groups is 1. The molecule has 1 amide bonds. The number of halogens is 1. The highest BCUT2D eigenvalue weighted by Gasteiger charge is 2.26. The second-order valence-corrected chi connectivity index (χ2v) is 5.77. The molecule has 0 bridgehead atoms. The van der Waals surface area contributed by atoms with E-state index < -0.39 is 0 Å². The SMILES string of the molecule is O=C(c1ccc(Nc2cccc(F)c2)nn1)N1CCc2ccccc21. The Bertz CT molecular complexity index is 927. The average Bonchev–Trinajstić information content (AvgIpc) is 3.06. The summed E-state index contributed by atoms with van der Waals surface area (Å²) in [6, 6.07) is 17.2. The van der Waals surface area contributed by atoms with Crippen molar-refractivity contribution < 1.29 is 9.18 Å². The largest absolute Gasteiger partial charge is 0.339 e.